The van der Waals surface area contributed by atoms with E-state index in [2.05, 4.69) is 130 Å². The Kier molecular flexibility index (Phi) is 12.6. The molecular weight excluding hydrogens is 479 g/mol. The maximum absolute atomic E-state index is 15.0. The Labute approximate surface area is 231 Å². The molecule has 0 aliphatic heterocycles. The lowest BCUT2D eigenvalue weighted by Crippen LogP contribution is -2.25. The zero-order valence-electron chi connectivity index (χ0n) is 23.6. The fourth-order valence-corrected chi connectivity index (χ4v) is 7.06. The topological polar surface area (TPSA) is 17.1 Å². The fraction of sp³-hybridized carbons (Fsp3) is 0.333. The summed E-state index contributed by atoms with van der Waals surface area (Å²) in [6, 6.07) is 24.9. The van der Waals surface area contributed by atoms with E-state index < -0.39 is 7.14 Å². The summed E-state index contributed by atoms with van der Waals surface area (Å²) < 4.78 is 15.0. The predicted octanol–water partition coefficient (Wildman–Crippen LogP) is 9.94. The number of unbranched alkanes of at least 4 members (excludes halogenated alkanes) is 6. The smallest absolute Gasteiger partial charge is 0.171 e. The van der Waals surface area contributed by atoms with E-state index in [1.165, 1.54) is 38.5 Å². The molecule has 200 valence electrons. The summed E-state index contributed by atoms with van der Waals surface area (Å²) in [5.74, 6) is 0. The zero-order chi connectivity index (χ0) is 27.1. The first-order chi connectivity index (χ1) is 18.6. The van der Waals surface area contributed by atoms with Crippen molar-refractivity contribution in [3.63, 3.8) is 0 Å². The van der Waals surface area contributed by atoms with Crippen molar-refractivity contribution in [2.45, 2.75) is 78.6 Å². The molecule has 0 N–H and O–H groups in total. The summed E-state index contributed by atoms with van der Waals surface area (Å²) in [6.07, 6.45) is 23.7. The van der Waals surface area contributed by atoms with Crippen LogP contribution in [0, 0.1) is 0 Å². The van der Waals surface area contributed by atoms with Crippen LogP contribution in [0.3, 0.4) is 0 Å². The largest absolute Gasteiger partial charge is 0.309 e. The van der Waals surface area contributed by atoms with E-state index in [-0.39, 0.29) is 0 Å². The van der Waals surface area contributed by atoms with E-state index in [0.717, 1.165) is 51.9 Å². The van der Waals surface area contributed by atoms with Crippen LogP contribution < -0.4 is 15.9 Å². The summed E-state index contributed by atoms with van der Waals surface area (Å²) in [6.45, 7) is 6.64. The van der Waals surface area contributed by atoms with Gasteiger partial charge in [-0.1, -0.05) is 169 Å². The Morgan fingerprint density at radius 1 is 0.474 bits per heavy atom. The first-order valence-electron chi connectivity index (χ1n) is 14.5. The lowest BCUT2D eigenvalue weighted by molar-refractivity contribution is 0.592. The minimum absolute atomic E-state index is 0.876. The van der Waals surface area contributed by atoms with Crippen molar-refractivity contribution in [2.24, 2.45) is 0 Å². The van der Waals surface area contributed by atoms with Crippen LogP contribution in [-0.4, -0.2) is 0 Å². The van der Waals surface area contributed by atoms with E-state index in [0.29, 0.717) is 0 Å². The van der Waals surface area contributed by atoms with Gasteiger partial charge < -0.3 is 4.57 Å². The molecule has 0 aromatic heterocycles. The number of hydrogen-bond acceptors (Lipinski definition) is 1. The molecule has 0 atom stereocenters. The Hall–Kier alpha value is -2.89. The third-order valence-corrected chi connectivity index (χ3v) is 9.95. The summed E-state index contributed by atoms with van der Waals surface area (Å²) in [5.41, 5.74) is 3.45. The van der Waals surface area contributed by atoms with E-state index >= 15 is 0 Å². The average Bonchev–Trinajstić information content (AvgIpc) is 2.96. The fourth-order valence-electron chi connectivity index (χ4n) is 4.46. The van der Waals surface area contributed by atoms with Gasteiger partial charge in [0, 0.05) is 15.9 Å². The van der Waals surface area contributed by atoms with Gasteiger partial charge in [-0.3, -0.25) is 0 Å². The second kappa shape index (κ2) is 16.2. The van der Waals surface area contributed by atoms with Crippen LogP contribution >= 0.6 is 7.14 Å². The van der Waals surface area contributed by atoms with Crippen molar-refractivity contribution in [1.29, 1.82) is 0 Å². The Bertz CT molecular complexity index is 1060. The van der Waals surface area contributed by atoms with Crippen molar-refractivity contribution in [2.75, 3.05) is 0 Å². The van der Waals surface area contributed by atoms with Crippen molar-refractivity contribution in [3.05, 3.63) is 108 Å². The molecule has 0 saturated carbocycles. The summed E-state index contributed by atoms with van der Waals surface area (Å²) in [5, 5.41) is 2.63. The van der Waals surface area contributed by atoms with Gasteiger partial charge in [0.1, 0.15) is 0 Å². The number of benzene rings is 3. The molecule has 3 aromatic rings. The minimum Gasteiger partial charge on any atom is -0.309 e. The van der Waals surface area contributed by atoms with Crippen molar-refractivity contribution < 1.29 is 4.57 Å². The first-order valence-corrected chi connectivity index (χ1v) is 16.2. The van der Waals surface area contributed by atoms with Gasteiger partial charge in [-0.15, -0.1) is 0 Å². The highest BCUT2D eigenvalue weighted by atomic mass is 31.2. The molecule has 0 heterocycles. The van der Waals surface area contributed by atoms with Crippen LogP contribution in [0.4, 0.5) is 0 Å². The van der Waals surface area contributed by atoms with E-state index in [9.17, 15) is 4.57 Å². The quantitative estimate of drug-likeness (QED) is 0.143. The third kappa shape index (κ3) is 8.57. The van der Waals surface area contributed by atoms with E-state index in [1.807, 2.05) is 0 Å². The predicted molar refractivity (Wildman–Crippen MR) is 172 cm³/mol. The molecule has 3 rings (SSSR count). The van der Waals surface area contributed by atoms with Gasteiger partial charge >= 0.3 is 0 Å². The van der Waals surface area contributed by atoms with Crippen LogP contribution in [0.15, 0.2) is 91.0 Å². The van der Waals surface area contributed by atoms with Gasteiger partial charge in [0.05, 0.1) is 0 Å². The zero-order valence-corrected chi connectivity index (χ0v) is 24.5. The molecule has 2 heteroatoms. The number of allylic oxidation sites excluding steroid dienone is 3. The van der Waals surface area contributed by atoms with E-state index in [1.54, 1.807) is 0 Å². The summed E-state index contributed by atoms with van der Waals surface area (Å²) >= 11 is 0. The van der Waals surface area contributed by atoms with Gasteiger partial charge in [-0.25, -0.2) is 0 Å². The molecule has 0 amide bonds. The van der Waals surface area contributed by atoms with Crippen LogP contribution in [0.5, 0.6) is 0 Å². The van der Waals surface area contributed by atoms with Crippen molar-refractivity contribution in [1.82, 2.24) is 0 Å². The first kappa shape index (κ1) is 29.7. The number of hydrogen-bond donors (Lipinski definition) is 0. The van der Waals surface area contributed by atoms with Crippen molar-refractivity contribution >= 4 is 41.3 Å². The Morgan fingerprint density at radius 2 is 0.737 bits per heavy atom. The van der Waals surface area contributed by atoms with E-state index in [4.69, 9.17) is 0 Å². The van der Waals surface area contributed by atoms with Crippen LogP contribution in [0.2, 0.25) is 0 Å². The Morgan fingerprint density at radius 3 is 0.974 bits per heavy atom. The molecule has 0 spiro atoms. The normalized spacial score (nSPS) is 13.6. The average molecular weight is 525 g/mol. The molecule has 0 aliphatic rings. The lowest BCUT2D eigenvalue weighted by atomic mass is 10.1. The highest BCUT2D eigenvalue weighted by molar-refractivity contribution is 7.85. The van der Waals surface area contributed by atoms with Crippen LogP contribution in [0.1, 0.15) is 95.2 Å². The summed E-state index contributed by atoms with van der Waals surface area (Å²) in [4.78, 5) is 0. The molecule has 0 bridgehead atoms. The van der Waals surface area contributed by atoms with Gasteiger partial charge in [-0.05, 0) is 36.0 Å². The molecule has 3 aromatic carbocycles. The van der Waals surface area contributed by atoms with Gasteiger partial charge in [0.15, 0.2) is 7.14 Å². The molecule has 0 saturated heterocycles. The molecular formula is C36H45OP. The molecule has 0 radical (unpaired) electrons. The molecule has 38 heavy (non-hydrogen) atoms. The highest BCUT2D eigenvalue weighted by Crippen LogP contribution is 2.42. The van der Waals surface area contributed by atoms with Gasteiger partial charge in [-0.2, -0.15) is 0 Å². The highest BCUT2D eigenvalue weighted by Gasteiger charge is 2.29. The second-order valence-corrected chi connectivity index (χ2v) is 12.8. The minimum atomic E-state index is -3.02. The molecule has 0 fully saturated rings. The third-order valence-electron chi connectivity index (χ3n) is 6.87. The maximum Gasteiger partial charge on any atom is 0.171 e. The SMILES string of the molecule is CCCCC=Cc1ccc(P(=O)(c2ccc(C=CCCCC)cc2)c2ccc(C=CCCCC)cc2)cc1. The van der Waals surface area contributed by atoms with Crippen LogP contribution in [0.25, 0.3) is 18.2 Å². The van der Waals surface area contributed by atoms with Gasteiger partial charge in [0.2, 0.25) is 0 Å². The lowest BCUT2D eigenvalue weighted by Gasteiger charge is -2.20. The Balaban J connectivity index is 1.94. The monoisotopic (exact) mass is 524 g/mol. The molecule has 1 nitrogen and oxygen atoms in total. The van der Waals surface area contributed by atoms with Crippen molar-refractivity contribution in [3.8, 4) is 0 Å². The number of rotatable bonds is 15. The maximum atomic E-state index is 15.0. The van der Waals surface area contributed by atoms with Crippen LogP contribution in [-0.2, 0) is 4.57 Å². The van der Waals surface area contributed by atoms with Gasteiger partial charge in [0.25, 0.3) is 0 Å². The second-order valence-electron chi connectivity index (χ2n) is 10.0. The standard InChI is InChI=1S/C36H45OP/c1-4-7-10-13-16-31-19-25-34(26-20-31)38(37,35-27-21-32(22-28-35)17-14-11-8-5-2)36-29-23-33(24-30-36)18-15-12-9-6-3/h13-30H,4-12H2,1-3H3. The molecule has 0 aliphatic carbocycles. The molecule has 0 unspecified atom stereocenters. The summed E-state index contributed by atoms with van der Waals surface area (Å²) in [7, 11) is -3.02.